The highest BCUT2D eigenvalue weighted by atomic mass is 15.2. The SMILES string of the molecule is CC1CC(CN)CN1C(C)C12CC3CC(CC(C3)C1)C2. The lowest BCUT2D eigenvalue weighted by molar-refractivity contribution is -0.0982. The maximum absolute atomic E-state index is 5.94. The van der Waals surface area contributed by atoms with Crippen molar-refractivity contribution >= 4 is 0 Å². The molecule has 0 spiro atoms. The molecule has 0 amide bonds. The first-order valence-corrected chi connectivity index (χ1v) is 9.05. The number of rotatable bonds is 3. The smallest absolute Gasteiger partial charge is 0.0127 e. The van der Waals surface area contributed by atoms with Crippen molar-refractivity contribution in [2.45, 2.75) is 70.9 Å². The molecule has 2 heteroatoms. The van der Waals surface area contributed by atoms with Gasteiger partial charge in [0.1, 0.15) is 0 Å². The van der Waals surface area contributed by atoms with Gasteiger partial charge in [-0.2, -0.15) is 0 Å². The molecule has 114 valence electrons. The Morgan fingerprint density at radius 3 is 2.05 bits per heavy atom. The molecule has 5 aliphatic rings. The number of nitrogens with zero attached hydrogens (tertiary/aromatic N) is 1. The molecule has 0 aromatic carbocycles. The zero-order valence-electron chi connectivity index (χ0n) is 13.4. The van der Waals surface area contributed by atoms with Crippen LogP contribution < -0.4 is 5.73 Å². The molecule has 0 aromatic rings. The van der Waals surface area contributed by atoms with E-state index < -0.39 is 0 Å². The van der Waals surface area contributed by atoms with E-state index in [1.54, 1.807) is 19.3 Å². The van der Waals surface area contributed by atoms with E-state index in [1.807, 2.05) is 0 Å². The van der Waals surface area contributed by atoms with E-state index in [4.69, 9.17) is 5.73 Å². The lowest BCUT2D eigenvalue weighted by atomic mass is 9.47. The Balaban J connectivity index is 1.55. The molecule has 5 fully saturated rings. The fourth-order valence-electron chi connectivity index (χ4n) is 6.92. The molecule has 1 heterocycles. The van der Waals surface area contributed by atoms with E-state index >= 15 is 0 Å². The maximum Gasteiger partial charge on any atom is 0.0127 e. The predicted molar refractivity (Wildman–Crippen MR) is 83.4 cm³/mol. The number of hydrogen-bond acceptors (Lipinski definition) is 2. The second-order valence-corrected chi connectivity index (χ2v) is 8.84. The molecule has 20 heavy (non-hydrogen) atoms. The molecule has 4 saturated carbocycles. The van der Waals surface area contributed by atoms with Gasteiger partial charge in [-0.05, 0) is 94.4 Å². The van der Waals surface area contributed by atoms with Crippen LogP contribution in [0.3, 0.4) is 0 Å². The summed E-state index contributed by atoms with van der Waals surface area (Å²) < 4.78 is 0. The van der Waals surface area contributed by atoms with Gasteiger partial charge in [0.2, 0.25) is 0 Å². The Morgan fingerprint density at radius 1 is 1.05 bits per heavy atom. The fourth-order valence-corrected chi connectivity index (χ4v) is 6.92. The lowest BCUT2D eigenvalue weighted by Gasteiger charge is -2.60. The van der Waals surface area contributed by atoms with Gasteiger partial charge in [0.05, 0.1) is 0 Å². The highest BCUT2D eigenvalue weighted by Crippen LogP contribution is 2.62. The number of nitrogens with two attached hydrogens (primary N) is 1. The average molecular weight is 276 g/mol. The van der Waals surface area contributed by atoms with Gasteiger partial charge in [0.25, 0.3) is 0 Å². The molecule has 4 bridgehead atoms. The molecule has 2 N–H and O–H groups in total. The van der Waals surface area contributed by atoms with Crippen LogP contribution >= 0.6 is 0 Å². The van der Waals surface area contributed by atoms with E-state index in [0.29, 0.717) is 5.41 Å². The summed E-state index contributed by atoms with van der Waals surface area (Å²) in [7, 11) is 0. The van der Waals surface area contributed by atoms with Crippen molar-refractivity contribution in [2.24, 2.45) is 34.8 Å². The molecule has 3 atom stereocenters. The minimum Gasteiger partial charge on any atom is -0.330 e. The quantitative estimate of drug-likeness (QED) is 0.857. The summed E-state index contributed by atoms with van der Waals surface area (Å²) in [6.07, 6.45) is 10.6. The molecule has 1 saturated heterocycles. The van der Waals surface area contributed by atoms with Crippen LogP contribution in [0.25, 0.3) is 0 Å². The van der Waals surface area contributed by atoms with Gasteiger partial charge in [-0.25, -0.2) is 0 Å². The van der Waals surface area contributed by atoms with Gasteiger partial charge in [-0.1, -0.05) is 0 Å². The van der Waals surface area contributed by atoms with Crippen LogP contribution in [-0.4, -0.2) is 30.1 Å². The molecule has 2 nitrogen and oxygen atoms in total. The van der Waals surface area contributed by atoms with Crippen LogP contribution in [0.1, 0.15) is 58.8 Å². The first-order chi connectivity index (χ1) is 9.59. The highest BCUT2D eigenvalue weighted by molar-refractivity contribution is 5.06. The van der Waals surface area contributed by atoms with E-state index in [0.717, 1.165) is 42.3 Å². The second kappa shape index (κ2) is 4.71. The summed E-state index contributed by atoms with van der Waals surface area (Å²) >= 11 is 0. The van der Waals surface area contributed by atoms with Crippen molar-refractivity contribution in [3.8, 4) is 0 Å². The Bertz CT molecular complexity index is 342. The third kappa shape index (κ3) is 1.98. The molecule has 3 unspecified atom stereocenters. The standard InChI is InChI=1S/C18H32N2/c1-12-3-17(10-19)11-20(12)13(2)18-7-14-4-15(8-18)6-16(5-14)9-18/h12-17H,3-11,19H2,1-2H3. The van der Waals surface area contributed by atoms with E-state index in [-0.39, 0.29) is 0 Å². The summed E-state index contributed by atoms with van der Waals surface area (Å²) in [4.78, 5) is 2.84. The van der Waals surface area contributed by atoms with Crippen molar-refractivity contribution in [3.05, 3.63) is 0 Å². The van der Waals surface area contributed by atoms with Gasteiger partial charge in [0.15, 0.2) is 0 Å². The summed E-state index contributed by atoms with van der Waals surface area (Å²) in [6, 6.07) is 1.55. The Morgan fingerprint density at radius 2 is 1.60 bits per heavy atom. The Kier molecular flexibility index (Phi) is 3.20. The Labute approximate surface area is 124 Å². The summed E-state index contributed by atoms with van der Waals surface area (Å²) in [5, 5.41) is 0. The van der Waals surface area contributed by atoms with E-state index in [1.165, 1.54) is 32.2 Å². The van der Waals surface area contributed by atoms with Crippen molar-refractivity contribution in [2.75, 3.05) is 13.1 Å². The zero-order chi connectivity index (χ0) is 13.9. The fraction of sp³-hybridized carbons (Fsp3) is 1.00. The van der Waals surface area contributed by atoms with Crippen molar-refractivity contribution in [1.29, 1.82) is 0 Å². The van der Waals surface area contributed by atoms with Crippen LogP contribution in [0.4, 0.5) is 0 Å². The summed E-state index contributed by atoms with van der Waals surface area (Å²) in [6.45, 7) is 7.14. The van der Waals surface area contributed by atoms with Crippen LogP contribution in [-0.2, 0) is 0 Å². The molecule has 0 radical (unpaired) electrons. The average Bonchev–Trinajstić information content (AvgIpc) is 2.77. The zero-order valence-corrected chi connectivity index (χ0v) is 13.4. The molecular weight excluding hydrogens is 244 g/mol. The maximum atomic E-state index is 5.94. The summed E-state index contributed by atoms with van der Waals surface area (Å²) in [5.41, 5.74) is 6.61. The van der Waals surface area contributed by atoms with Crippen LogP contribution in [0.5, 0.6) is 0 Å². The van der Waals surface area contributed by atoms with Crippen molar-refractivity contribution < 1.29 is 0 Å². The molecule has 4 aliphatic carbocycles. The number of likely N-dealkylation sites (tertiary alicyclic amines) is 1. The third-order valence-corrected chi connectivity index (χ3v) is 7.51. The second-order valence-electron chi connectivity index (χ2n) is 8.84. The molecule has 0 aromatic heterocycles. The first kappa shape index (κ1) is 13.6. The van der Waals surface area contributed by atoms with Crippen LogP contribution in [0.2, 0.25) is 0 Å². The lowest BCUT2D eigenvalue weighted by Crippen LogP contribution is -2.56. The third-order valence-electron chi connectivity index (χ3n) is 7.51. The van der Waals surface area contributed by atoms with Gasteiger partial charge >= 0.3 is 0 Å². The van der Waals surface area contributed by atoms with E-state index in [9.17, 15) is 0 Å². The Hall–Kier alpha value is -0.0800. The number of hydrogen-bond donors (Lipinski definition) is 1. The topological polar surface area (TPSA) is 29.3 Å². The largest absolute Gasteiger partial charge is 0.330 e. The summed E-state index contributed by atoms with van der Waals surface area (Å²) in [5.74, 6) is 3.98. The minimum absolute atomic E-state index is 0.673. The predicted octanol–water partition coefficient (Wildman–Crippen LogP) is 3.26. The monoisotopic (exact) mass is 276 g/mol. The van der Waals surface area contributed by atoms with Crippen molar-refractivity contribution in [3.63, 3.8) is 0 Å². The van der Waals surface area contributed by atoms with Gasteiger partial charge in [-0.15, -0.1) is 0 Å². The van der Waals surface area contributed by atoms with Gasteiger partial charge < -0.3 is 5.73 Å². The van der Waals surface area contributed by atoms with Gasteiger partial charge in [-0.3, -0.25) is 4.90 Å². The molecule has 5 rings (SSSR count). The van der Waals surface area contributed by atoms with E-state index in [2.05, 4.69) is 18.7 Å². The van der Waals surface area contributed by atoms with Crippen molar-refractivity contribution in [1.82, 2.24) is 4.90 Å². The normalized spacial score (nSPS) is 52.6. The minimum atomic E-state index is 0.673. The molecular formula is C18H32N2. The highest BCUT2D eigenvalue weighted by Gasteiger charge is 2.55. The van der Waals surface area contributed by atoms with Crippen LogP contribution in [0.15, 0.2) is 0 Å². The van der Waals surface area contributed by atoms with Crippen LogP contribution in [0, 0.1) is 29.1 Å². The molecule has 1 aliphatic heterocycles. The van der Waals surface area contributed by atoms with Gasteiger partial charge in [0, 0.05) is 18.6 Å². The first-order valence-electron chi connectivity index (χ1n) is 9.05.